The fourth-order valence-electron chi connectivity index (χ4n) is 8.25. The number of piperazine rings is 1. The van der Waals surface area contributed by atoms with Gasteiger partial charge in [0.2, 0.25) is 5.88 Å². The van der Waals surface area contributed by atoms with Crippen LogP contribution < -0.4 is 20.7 Å². The first-order valence-electron chi connectivity index (χ1n) is 16.8. The number of rotatable bonds is 8. The molecule has 7 rings (SSSR count). The van der Waals surface area contributed by atoms with Gasteiger partial charge in [-0.1, -0.05) is 18.5 Å². The van der Waals surface area contributed by atoms with Gasteiger partial charge < -0.3 is 25.2 Å². The number of likely N-dealkylation sites (N-methyl/N-ethyl adjacent to an activating group) is 1. The number of nitrogens with zero attached hydrogens (tertiary/aromatic N) is 6. The zero-order chi connectivity index (χ0) is 32.4. The van der Waals surface area contributed by atoms with Crippen LogP contribution in [0.25, 0.3) is 11.5 Å². The van der Waals surface area contributed by atoms with Gasteiger partial charge in [-0.2, -0.15) is 10.2 Å². The summed E-state index contributed by atoms with van der Waals surface area (Å²) in [5, 5.41) is 19.1. The molecule has 3 fully saturated rings. The minimum atomic E-state index is -0.860. The molecule has 2 saturated heterocycles. The molecule has 46 heavy (non-hydrogen) atoms. The van der Waals surface area contributed by atoms with Crippen molar-refractivity contribution in [3.05, 3.63) is 33.4 Å². The van der Waals surface area contributed by atoms with Crippen LogP contribution in [0.1, 0.15) is 93.5 Å². The zero-order valence-corrected chi connectivity index (χ0v) is 28.3. The predicted molar refractivity (Wildman–Crippen MR) is 177 cm³/mol. The van der Waals surface area contributed by atoms with E-state index in [2.05, 4.69) is 42.2 Å². The van der Waals surface area contributed by atoms with E-state index in [4.69, 9.17) is 25.0 Å². The quantitative estimate of drug-likeness (QED) is 0.328. The Morgan fingerprint density at radius 3 is 2.80 bits per heavy atom. The number of fused-ring (bicyclic) bond motifs is 1. The smallest absolute Gasteiger partial charge is 0.219 e. The minimum absolute atomic E-state index is 0.0482. The van der Waals surface area contributed by atoms with Crippen LogP contribution in [0.5, 0.6) is 5.88 Å². The Kier molecular flexibility index (Phi) is 8.01. The maximum atomic E-state index is 14.3. The lowest BCUT2D eigenvalue weighted by molar-refractivity contribution is 0.117. The Hall–Kier alpha value is -3.27. The lowest BCUT2D eigenvalue weighted by Crippen LogP contribution is -2.57. The van der Waals surface area contributed by atoms with Gasteiger partial charge in [0.05, 0.1) is 11.0 Å². The second kappa shape index (κ2) is 11.8. The number of alkyl halides is 1. The molecule has 3 aromatic heterocycles. The van der Waals surface area contributed by atoms with Crippen LogP contribution in [0.15, 0.2) is 10.6 Å². The number of nitrogens with two attached hydrogens (primary N) is 1. The van der Waals surface area contributed by atoms with Crippen molar-refractivity contribution in [1.29, 1.82) is 5.26 Å². The molecule has 2 aliphatic carbocycles. The summed E-state index contributed by atoms with van der Waals surface area (Å²) < 4.78 is 27.1. The normalized spacial score (nSPS) is 27.8. The number of nitrogen functional groups attached to an aromatic ring is 1. The monoisotopic (exact) mass is 648 g/mol. The van der Waals surface area contributed by atoms with Crippen LogP contribution in [-0.4, -0.2) is 76.6 Å². The van der Waals surface area contributed by atoms with Crippen molar-refractivity contribution in [2.75, 3.05) is 37.3 Å². The highest BCUT2D eigenvalue weighted by molar-refractivity contribution is 7.16. The molecule has 0 unspecified atom stereocenters. The summed E-state index contributed by atoms with van der Waals surface area (Å²) in [6, 6.07) is 4.57. The lowest BCUT2D eigenvalue weighted by atomic mass is 9.69. The van der Waals surface area contributed by atoms with Crippen LogP contribution in [0.3, 0.4) is 0 Å². The van der Waals surface area contributed by atoms with Gasteiger partial charge >= 0.3 is 0 Å². The van der Waals surface area contributed by atoms with Crippen LogP contribution in [-0.2, 0) is 18.3 Å². The summed E-state index contributed by atoms with van der Waals surface area (Å²) in [4.78, 5) is 15.6. The highest BCUT2D eigenvalue weighted by atomic mass is 32.1. The van der Waals surface area contributed by atoms with Gasteiger partial charge in [-0.3, -0.25) is 4.90 Å². The van der Waals surface area contributed by atoms with E-state index < -0.39 is 11.6 Å². The third-order valence-electron chi connectivity index (χ3n) is 10.6. The summed E-state index contributed by atoms with van der Waals surface area (Å²) in [5.74, 6) is 2.47. The number of hydrogen-bond donors (Lipinski definition) is 2. The molecule has 0 bridgehead atoms. The molecule has 1 saturated carbocycles. The van der Waals surface area contributed by atoms with E-state index in [0.717, 1.165) is 85.6 Å². The predicted octanol–water partition coefficient (Wildman–Crippen LogP) is 5.38. The highest BCUT2D eigenvalue weighted by Gasteiger charge is 2.48. The van der Waals surface area contributed by atoms with E-state index in [9.17, 15) is 9.65 Å². The molecule has 3 aromatic rings. The van der Waals surface area contributed by atoms with Crippen molar-refractivity contribution in [2.24, 2.45) is 0 Å². The van der Waals surface area contributed by atoms with Crippen molar-refractivity contribution in [1.82, 2.24) is 25.3 Å². The van der Waals surface area contributed by atoms with Gasteiger partial charge in [0.1, 0.15) is 29.2 Å². The SMILES string of the molecule is CCCc1c(-c2nc(O[C@@H](C)[C@@H]3C[C@@H](F)CN3C)cc(N3C[C@@H](C)NC4(CC4)C3)n2)noc1[C@@]1(C)CCCc2sc(N)c(C#N)c21. The minimum Gasteiger partial charge on any atom is -0.473 e. The van der Waals surface area contributed by atoms with Crippen molar-refractivity contribution < 1.29 is 13.7 Å². The van der Waals surface area contributed by atoms with Crippen molar-refractivity contribution in [2.45, 2.75) is 114 Å². The average molecular weight is 649 g/mol. The maximum Gasteiger partial charge on any atom is 0.219 e. The molecule has 0 aromatic carbocycles. The van der Waals surface area contributed by atoms with E-state index in [1.165, 1.54) is 11.3 Å². The summed E-state index contributed by atoms with van der Waals surface area (Å²) >= 11 is 1.52. The van der Waals surface area contributed by atoms with Gasteiger partial charge in [0.15, 0.2) is 17.3 Å². The Bertz CT molecular complexity index is 1660. The fraction of sp³-hybridized carbons (Fsp3) is 0.647. The van der Waals surface area contributed by atoms with Crippen LogP contribution in [0.2, 0.25) is 0 Å². The van der Waals surface area contributed by atoms with Gasteiger partial charge in [-0.15, -0.1) is 11.3 Å². The number of aryl methyl sites for hydroxylation is 1. The lowest BCUT2D eigenvalue weighted by Gasteiger charge is -2.39. The first kappa shape index (κ1) is 31.3. The molecular weight excluding hydrogens is 603 g/mol. The van der Waals surface area contributed by atoms with Gasteiger partial charge in [0, 0.05) is 53.8 Å². The molecule has 4 aliphatic rings. The number of nitrogens with one attached hydrogen (secondary N) is 1. The molecule has 5 atom stereocenters. The standard InChI is InChI=1S/C34H45FN8O2S/c1-6-8-22-29(41-45-30(22)33(4)10-7-9-25-28(33)23(15-36)31(37)46-25)32-38-26(43-16-19(2)40-34(18-43)11-12-34)14-27(39-32)44-20(3)24-13-21(35)17-42(24)5/h14,19-21,24,40H,6-13,16-18,37H2,1-5H3/t19-,20+,21-,24+,33+/m1/s1. The van der Waals surface area contributed by atoms with Gasteiger partial charge in [0.25, 0.3) is 0 Å². The number of likely N-dealkylation sites (tertiary alicyclic amines) is 1. The molecule has 5 heterocycles. The van der Waals surface area contributed by atoms with Gasteiger partial charge in [-0.25, -0.2) is 9.37 Å². The molecule has 1 spiro atoms. The number of thiophene rings is 1. The molecule has 10 nitrogen and oxygen atoms in total. The van der Waals surface area contributed by atoms with E-state index in [1.54, 1.807) is 0 Å². The Morgan fingerprint density at radius 2 is 2.11 bits per heavy atom. The largest absolute Gasteiger partial charge is 0.473 e. The summed E-state index contributed by atoms with van der Waals surface area (Å²) in [5.41, 5.74) is 9.03. The summed E-state index contributed by atoms with van der Waals surface area (Å²) in [6.45, 7) is 10.6. The third kappa shape index (κ3) is 5.44. The Labute approximate surface area is 274 Å². The number of anilines is 2. The van der Waals surface area contributed by atoms with Crippen LogP contribution >= 0.6 is 11.3 Å². The summed E-state index contributed by atoms with van der Waals surface area (Å²) in [6.07, 6.45) is 5.90. The molecule has 246 valence electrons. The molecule has 0 amide bonds. The number of nitriles is 1. The third-order valence-corrected chi connectivity index (χ3v) is 11.6. The van der Waals surface area contributed by atoms with Crippen molar-refractivity contribution in [3.8, 4) is 23.5 Å². The van der Waals surface area contributed by atoms with Crippen molar-refractivity contribution in [3.63, 3.8) is 0 Å². The second-order valence-electron chi connectivity index (χ2n) is 14.3. The fourth-order valence-corrected chi connectivity index (χ4v) is 9.44. The van der Waals surface area contributed by atoms with Crippen LogP contribution in [0.4, 0.5) is 15.2 Å². The molecule has 12 heteroatoms. The first-order chi connectivity index (χ1) is 22.0. The van der Waals surface area contributed by atoms with Gasteiger partial charge in [-0.05, 0) is 78.3 Å². The first-order valence-corrected chi connectivity index (χ1v) is 17.6. The molecular formula is C34H45FN8O2S. The average Bonchev–Trinajstić information content (AvgIpc) is 3.30. The van der Waals surface area contributed by atoms with Crippen molar-refractivity contribution >= 4 is 22.2 Å². The highest BCUT2D eigenvalue weighted by Crippen LogP contribution is 2.51. The van der Waals surface area contributed by atoms with E-state index >= 15 is 0 Å². The van der Waals surface area contributed by atoms with E-state index in [-0.39, 0.29) is 17.7 Å². The Morgan fingerprint density at radius 1 is 1.30 bits per heavy atom. The zero-order valence-electron chi connectivity index (χ0n) is 27.5. The summed E-state index contributed by atoms with van der Waals surface area (Å²) in [7, 11) is 1.95. The Balaban J connectivity index is 1.32. The number of halogens is 1. The van der Waals surface area contributed by atoms with E-state index in [0.29, 0.717) is 47.0 Å². The number of hydrogen-bond acceptors (Lipinski definition) is 11. The number of ether oxygens (including phenoxy) is 1. The maximum absolute atomic E-state index is 14.3. The molecule has 2 aliphatic heterocycles. The number of aromatic nitrogens is 3. The van der Waals surface area contributed by atoms with Crippen LogP contribution in [0, 0.1) is 11.3 Å². The van der Waals surface area contributed by atoms with E-state index in [1.807, 2.05) is 24.9 Å². The topological polar surface area (TPSA) is 129 Å². The second-order valence-corrected chi connectivity index (χ2v) is 15.4. The molecule has 3 N–H and O–H groups in total. The molecule has 0 radical (unpaired) electrons.